The number of allylic oxidation sites excluding steroid dienone is 1. The summed E-state index contributed by atoms with van der Waals surface area (Å²) in [5, 5.41) is 9.83. The third-order valence-electron chi connectivity index (χ3n) is 5.07. The SMILES string of the molecule is C=C1C=CC(OC(CC)CC)=NN1/C(N)=N\NCC(=O)c1cc(OC)cc(C(C)(C)C)c1. The number of benzene rings is 1. The van der Waals surface area contributed by atoms with Crippen LogP contribution in [0.2, 0.25) is 0 Å². The van der Waals surface area contributed by atoms with E-state index in [2.05, 4.69) is 56.8 Å². The van der Waals surface area contributed by atoms with Gasteiger partial charge in [0.15, 0.2) is 5.78 Å². The fourth-order valence-electron chi connectivity index (χ4n) is 2.97. The number of nitrogens with two attached hydrogens (primary N) is 1. The molecule has 0 fully saturated rings. The first-order valence-electron chi connectivity index (χ1n) is 10.8. The van der Waals surface area contributed by atoms with E-state index in [9.17, 15) is 4.79 Å². The van der Waals surface area contributed by atoms with Gasteiger partial charge in [0.05, 0.1) is 25.5 Å². The molecule has 0 amide bonds. The highest BCUT2D eigenvalue weighted by atomic mass is 16.5. The van der Waals surface area contributed by atoms with Crippen molar-refractivity contribution in [2.75, 3.05) is 13.7 Å². The number of nitrogens with one attached hydrogen (secondary N) is 1. The molecule has 0 saturated carbocycles. The Kier molecular flexibility index (Phi) is 8.46. The summed E-state index contributed by atoms with van der Waals surface area (Å²) in [6.45, 7) is 14.3. The number of hydrazone groups is 2. The van der Waals surface area contributed by atoms with Crippen LogP contribution in [0.5, 0.6) is 5.75 Å². The fraction of sp³-hybridized carbons (Fsp3) is 0.458. The van der Waals surface area contributed by atoms with Crippen LogP contribution < -0.4 is 15.9 Å². The van der Waals surface area contributed by atoms with E-state index in [1.165, 1.54) is 5.01 Å². The maximum Gasteiger partial charge on any atom is 0.239 e. The number of rotatable bonds is 8. The van der Waals surface area contributed by atoms with Crippen molar-refractivity contribution in [3.63, 3.8) is 0 Å². The second-order valence-electron chi connectivity index (χ2n) is 8.56. The summed E-state index contributed by atoms with van der Waals surface area (Å²) in [6, 6.07) is 5.53. The van der Waals surface area contributed by atoms with Gasteiger partial charge in [0.25, 0.3) is 0 Å². The molecule has 1 aliphatic heterocycles. The molecule has 0 saturated heterocycles. The Morgan fingerprint density at radius 1 is 1.25 bits per heavy atom. The van der Waals surface area contributed by atoms with E-state index in [1.807, 2.05) is 12.1 Å². The quantitative estimate of drug-likeness (QED) is 0.275. The molecule has 0 spiro atoms. The molecule has 1 heterocycles. The highest BCUT2D eigenvalue weighted by Gasteiger charge is 2.19. The van der Waals surface area contributed by atoms with E-state index >= 15 is 0 Å². The van der Waals surface area contributed by atoms with Crippen LogP contribution in [0.3, 0.4) is 0 Å². The van der Waals surface area contributed by atoms with Crippen LogP contribution in [0.25, 0.3) is 0 Å². The molecule has 0 aliphatic carbocycles. The van der Waals surface area contributed by atoms with Crippen LogP contribution in [-0.4, -0.2) is 42.4 Å². The predicted molar refractivity (Wildman–Crippen MR) is 129 cm³/mol. The van der Waals surface area contributed by atoms with Crippen LogP contribution in [0.1, 0.15) is 63.4 Å². The number of hydrogen-bond acceptors (Lipinski definition) is 6. The topological polar surface area (TPSA) is 102 Å². The van der Waals surface area contributed by atoms with Crippen LogP contribution in [0.4, 0.5) is 0 Å². The minimum absolute atomic E-state index is 0.0333. The molecule has 1 aromatic carbocycles. The molecule has 1 aromatic rings. The molecule has 3 N–H and O–H groups in total. The Labute approximate surface area is 190 Å². The maximum atomic E-state index is 12.7. The number of methoxy groups -OCH3 is 1. The van der Waals surface area contributed by atoms with Gasteiger partial charge in [-0.15, -0.1) is 10.2 Å². The van der Waals surface area contributed by atoms with Gasteiger partial charge in [0.2, 0.25) is 11.9 Å². The van der Waals surface area contributed by atoms with E-state index in [-0.39, 0.29) is 29.8 Å². The fourth-order valence-corrected chi connectivity index (χ4v) is 2.97. The molecule has 0 radical (unpaired) electrons. The minimum Gasteiger partial charge on any atom is -0.497 e. The van der Waals surface area contributed by atoms with Gasteiger partial charge in [-0.3, -0.25) is 10.2 Å². The Morgan fingerprint density at radius 2 is 1.94 bits per heavy atom. The summed E-state index contributed by atoms with van der Waals surface area (Å²) in [5.41, 5.74) is 10.8. The van der Waals surface area contributed by atoms with E-state index < -0.39 is 0 Å². The molecular weight excluding hydrogens is 406 g/mol. The van der Waals surface area contributed by atoms with Gasteiger partial charge in [0, 0.05) is 11.6 Å². The van der Waals surface area contributed by atoms with Crippen molar-refractivity contribution in [1.82, 2.24) is 10.4 Å². The number of hydrogen-bond donors (Lipinski definition) is 2. The maximum absolute atomic E-state index is 12.7. The lowest BCUT2D eigenvalue weighted by Crippen LogP contribution is -2.37. The number of ketones is 1. The Bertz CT molecular complexity index is 924. The summed E-state index contributed by atoms with van der Waals surface area (Å²) >= 11 is 0. The summed E-state index contributed by atoms with van der Waals surface area (Å²) < 4.78 is 11.2. The van der Waals surface area contributed by atoms with Crippen molar-refractivity contribution in [1.29, 1.82) is 0 Å². The number of carbonyl (C=O) groups is 1. The summed E-state index contributed by atoms with van der Waals surface area (Å²) in [4.78, 5) is 12.7. The van der Waals surface area contributed by atoms with Gasteiger partial charge in [-0.1, -0.05) is 41.2 Å². The molecule has 174 valence electrons. The van der Waals surface area contributed by atoms with Crippen molar-refractivity contribution < 1.29 is 14.3 Å². The van der Waals surface area contributed by atoms with Gasteiger partial charge in [-0.25, -0.2) is 0 Å². The first kappa shape index (κ1) is 25.0. The Hall–Kier alpha value is -3.29. The molecule has 2 rings (SSSR count). The smallest absolute Gasteiger partial charge is 0.239 e. The van der Waals surface area contributed by atoms with E-state index in [0.717, 1.165) is 18.4 Å². The van der Waals surface area contributed by atoms with Crippen molar-refractivity contribution in [3.05, 3.63) is 53.8 Å². The number of nitrogens with zero attached hydrogens (tertiary/aromatic N) is 3. The zero-order valence-electron chi connectivity index (χ0n) is 19.9. The van der Waals surface area contributed by atoms with Crippen molar-refractivity contribution in [2.45, 2.75) is 59.0 Å². The third-order valence-corrected chi connectivity index (χ3v) is 5.07. The summed E-state index contributed by atoms with van der Waals surface area (Å²) in [6.07, 6.45) is 5.32. The number of guanidine groups is 1. The highest BCUT2D eigenvalue weighted by Crippen LogP contribution is 2.27. The van der Waals surface area contributed by atoms with Gasteiger partial charge in [-0.2, -0.15) is 5.01 Å². The molecule has 8 heteroatoms. The molecule has 1 aliphatic rings. The van der Waals surface area contributed by atoms with Crippen LogP contribution in [0.15, 0.2) is 52.8 Å². The van der Waals surface area contributed by atoms with Crippen LogP contribution >= 0.6 is 0 Å². The summed E-state index contributed by atoms with van der Waals surface area (Å²) in [7, 11) is 1.58. The van der Waals surface area contributed by atoms with Crippen molar-refractivity contribution >= 4 is 17.6 Å². The van der Waals surface area contributed by atoms with Gasteiger partial charge in [-0.05, 0) is 48.1 Å². The number of Topliss-reactive ketones (excluding diaryl/α,β-unsaturated/α-hetero) is 1. The zero-order chi connectivity index (χ0) is 23.9. The lowest BCUT2D eigenvalue weighted by molar-refractivity contribution is 0.0991. The molecule has 32 heavy (non-hydrogen) atoms. The average molecular weight is 442 g/mol. The van der Waals surface area contributed by atoms with E-state index in [4.69, 9.17) is 15.2 Å². The first-order valence-corrected chi connectivity index (χ1v) is 10.8. The molecule has 0 aromatic heterocycles. The normalized spacial score (nSPS) is 14.5. The Balaban J connectivity index is 2.08. The molecule has 8 nitrogen and oxygen atoms in total. The van der Waals surface area contributed by atoms with Gasteiger partial charge < -0.3 is 15.2 Å². The minimum atomic E-state index is -0.135. The predicted octanol–water partition coefficient (Wildman–Crippen LogP) is 3.90. The lowest BCUT2D eigenvalue weighted by atomic mass is 9.85. The highest BCUT2D eigenvalue weighted by molar-refractivity contribution is 5.98. The van der Waals surface area contributed by atoms with Crippen molar-refractivity contribution in [2.24, 2.45) is 15.9 Å². The van der Waals surface area contributed by atoms with E-state index in [1.54, 1.807) is 25.3 Å². The molecule has 0 unspecified atom stereocenters. The monoisotopic (exact) mass is 441 g/mol. The van der Waals surface area contributed by atoms with Gasteiger partial charge in [0.1, 0.15) is 5.75 Å². The van der Waals surface area contributed by atoms with Gasteiger partial charge >= 0.3 is 0 Å². The molecule has 0 bridgehead atoms. The number of carbonyl (C=O) groups excluding carboxylic acids is 1. The standard InChI is InChI=1S/C24H35N5O3/c1-8-19(9-2)32-22-11-10-16(3)29(28-22)23(25)27-26-15-21(30)17-12-18(24(4,5)6)14-20(13-17)31-7/h10-14,19,26H,3,8-9,15H2,1-2,4-7H3,(H2,25,27). The van der Waals surface area contributed by atoms with E-state index in [0.29, 0.717) is 22.9 Å². The second-order valence-corrected chi connectivity index (χ2v) is 8.56. The average Bonchev–Trinajstić information content (AvgIpc) is 2.77. The van der Waals surface area contributed by atoms with Crippen LogP contribution in [0, 0.1) is 0 Å². The molecular formula is C24H35N5O3. The largest absolute Gasteiger partial charge is 0.497 e. The third kappa shape index (κ3) is 6.60. The lowest BCUT2D eigenvalue weighted by Gasteiger charge is -2.24. The van der Waals surface area contributed by atoms with Crippen molar-refractivity contribution in [3.8, 4) is 5.75 Å². The number of ether oxygens (including phenoxy) is 2. The molecule has 0 atom stereocenters. The first-order chi connectivity index (χ1) is 15.1. The van der Waals surface area contributed by atoms with Crippen LogP contribution in [-0.2, 0) is 10.2 Å². The zero-order valence-corrected chi connectivity index (χ0v) is 19.9. The Morgan fingerprint density at radius 3 is 2.53 bits per heavy atom. The summed E-state index contributed by atoms with van der Waals surface area (Å²) in [5.74, 6) is 0.995. The second kappa shape index (κ2) is 10.8.